The fourth-order valence-electron chi connectivity index (χ4n) is 2.64. The molecule has 1 aliphatic carbocycles. The van der Waals surface area contributed by atoms with Crippen LogP contribution in [0.15, 0.2) is 24.3 Å². The van der Waals surface area contributed by atoms with Crippen LogP contribution >= 0.6 is 0 Å². The number of phenolic OH excluding ortho intramolecular Hbond substituents is 1. The molecule has 0 unspecified atom stereocenters. The molecule has 0 atom stereocenters. The number of aromatic hydroxyl groups is 1. The van der Waals surface area contributed by atoms with Crippen LogP contribution in [0.4, 0.5) is 0 Å². The number of phenols is 1. The van der Waals surface area contributed by atoms with E-state index in [9.17, 15) is 9.90 Å². The van der Waals surface area contributed by atoms with Crippen molar-refractivity contribution in [2.24, 2.45) is 0 Å². The number of carbonyl (C=O) groups excluding carboxylic acids is 1. The second-order valence-electron chi connectivity index (χ2n) is 4.56. The van der Waals surface area contributed by atoms with Crippen LogP contribution in [-0.4, -0.2) is 17.7 Å². The number of benzene rings is 1. The Hall–Kier alpha value is -1.51. The summed E-state index contributed by atoms with van der Waals surface area (Å²) in [4.78, 5) is 12.2. The highest BCUT2D eigenvalue weighted by Gasteiger charge is 2.43. The minimum atomic E-state index is -0.482. The van der Waals surface area contributed by atoms with Gasteiger partial charge in [-0.25, -0.2) is 0 Å². The summed E-state index contributed by atoms with van der Waals surface area (Å²) >= 11 is 0. The molecule has 92 valence electrons. The van der Waals surface area contributed by atoms with Crippen LogP contribution in [0.3, 0.4) is 0 Å². The SMILES string of the molecule is CCOC(=O)C1(c2ccc(O)cc2)CCCC1. The Morgan fingerprint density at radius 3 is 2.41 bits per heavy atom. The molecule has 1 aromatic rings. The third-order valence-corrected chi connectivity index (χ3v) is 3.54. The molecule has 1 aliphatic rings. The Labute approximate surface area is 101 Å². The van der Waals surface area contributed by atoms with Crippen LogP contribution < -0.4 is 0 Å². The summed E-state index contributed by atoms with van der Waals surface area (Å²) in [5.74, 6) is 0.106. The van der Waals surface area contributed by atoms with Crippen molar-refractivity contribution in [2.75, 3.05) is 6.61 Å². The van der Waals surface area contributed by atoms with Crippen LogP contribution in [0, 0.1) is 0 Å². The zero-order chi connectivity index (χ0) is 12.3. The average Bonchev–Trinajstić information content (AvgIpc) is 2.81. The highest BCUT2D eigenvalue weighted by Crippen LogP contribution is 2.42. The van der Waals surface area contributed by atoms with Gasteiger partial charge in [-0.05, 0) is 37.5 Å². The summed E-state index contributed by atoms with van der Waals surface area (Å²) in [6.45, 7) is 2.25. The second-order valence-corrected chi connectivity index (χ2v) is 4.56. The zero-order valence-electron chi connectivity index (χ0n) is 10.1. The van der Waals surface area contributed by atoms with Crippen LogP contribution in [-0.2, 0) is 14.9 Å². The minimum absolute atomic E-state index is 0.122. The number of carbonyl (C=O) groups is 1. The zero-order valence-corrected chi connectivity index (χ0v) is 10.1. The van der Waals surface area contributed by atoms with E-state index in [2.05, 4.69) is 0 Å². The van der Waals surface area contributed by atoms with Crippen LogP contribution in [0.25, 0.3) is 0 Å². The summed E-state index contributed by atoms with van der Waals surface area (Å²) in [7, 11) is 0. The van der Waals surface area contributed by atoms with Gasteiger partial charge in [0.2, 0.25) is 0 Å². The van der Waals surface area contributed by atoms with E-state index in [0.29, 0.717) is 6.61 Å². The number of hydrogen-bond donors (Lipinski definition) is 1. The molecule has 0 aromatic heterocycles. The highest BCUT2D eigenvalue weighted by atomic mass is 16.5. The van der Waals surface area contributed by atoms with Crippen molar-refractivity contribution in [2.45, 2.75) is 38.0 Å². The number of hydrogen-bond acceptors (Lipinski definition) is 3. The van der Waals surface area contributed by atoms with E-state index in [4.69, 9.17) is 4.74 Å². The predicted octanol–water partition coefficient (Wildman–Crippen LogP) is 2.77. The Morgan fingerprint density at radius 1 is 1.29 bits per heavy atom. The lowest BCUT2D eigenvalue weighted by Crippen LogP contribution is -2.34. The minimum Gasteiger partial charge on any atom is -0.508 e. The smallest absolute Gasteiger partial charge is 0.316 e. The van der Waals surface area contributed by atoms with E-state index in [1.807, 2.05) is 19.1 Å². The largest absolute Gasteiger partial charge is 0.508 e. The molecular formula is C14H18O3. The van der Waals surface area contributed by atoms with Gasteiger partial charge in [-0.2, -0.15) is 0 Å². The fraction of sp³-hybridized carbons (Fsp3) is 0.500. The van der Waals surface area contributed by atoms with Gasteiger partial charge in [-0.15, -0.1) is 0 Å². The van der Waals surface area contributed by atoms with E-state index in [1.165, 1.54) is 0 Å². The van der Waals surface area contributed by atoms with Gasteiger partial charge in [-0.1, -0.05) is 25.0 Å². The summed E-state index contributed by atoms with van der Waals surface area (Å²) < 4.78 is 5.21. The molecule has 3 nitrogen and oxygen atoms in total. The van der Waals surface area contributed by atoms with E-state index in [-0.39, 0.29) is 11.7 Å². The second kappa shape index (κ2) is 4.78. The Kier molecular flexibility index (Phi) is 3.36. The van der Waals surface area contributed by atoms with Crippen LogP contribution in [0.1, 0.15) is 38.2 Å². The molecule has 0 heterocycles. The molecule has 0 radical (unpaired) electrons. The van der Waals surface area contributed by atoms with E-state index in [0.717, 1.165) is 31.2 Å². The summed E-state index contributed by atoms with van der Waals surface area (Å²) in [6, 6.07) is 6.93. The van der Waals surface area contributed by atoms with Crippen molar-refractivity contribution < 1.29 is 14.6 Å². The quantitative estimate of drug-likeness (QED) is 0.818. The Balaban J connectivity index is 2.34. The maximum Gasteiger partial charge on any atom is 0.316 e. The fourth-order valence-corrected chi connectivity index (χ4v) is 2.64. The van der Waals surface area contributed by atoms with Gasteiger partial charge >= 0.3 is 5.97 Å². The van der Waals surface area contributed by atoms with E-state index >= 15 is 0 Å². The lowest BCUT2D eigenvalue weighted by Gasteiger charge is -2.27. The molecule has 0 aliphatic heterocycles. The first-order chi connectivity index (χ1) is 8.19. The molecular weight excluding hydrogens is 216 g/mol. The topological polar surface area (TPSA) is 46.5 Å². The molecule has 1 fully saturated rings. The van der Waals surface area contributed by atoms with Gasteiger partial charge < -0.3 is 9.84 Å². The van der Waals surface area contributed by atoms with Gasteiger partial charge in [-0.3, -0.25) is 4.79 Å². The summed E-state index contributed by atoms with van der Waals surface area (Å²) in [6.07, 6.45) is 3.80. The lowest BCUT2D eigenvalue weighted by atomic mass is 9.79. The third kappa shape index (κ3) is 2.14. The molecule has 0 saturated heterocycles. The first-order valence-electron chi connectivity index (χ1n) is 6.16. The van der Waals surface area contributed by atoms with Crippen molar-refractivity contribution in [1.82, 2.24) is 0 Å². The Morgan fingerprint density at radius 2 is 1.88 bits per heavy atom. The normalized spacial score (nSPS) is 17.9. The van der Waals surface area contributed by atoms with Gasteiger partial charge in [0, 0.05) is 0 Å². The monoisotopic (exact) mass is 234 g/mol. The standard InChI is InChI=1S/C14H18O3/c1-2-17-13(16)14(9-3-4-10-14)11-5-7-12(15)8-6-11/h5-8,15H,2-4,9-10H2,1H3. The first kappa shape index (κ1) is 12.0. The predicted molar refractivity (Wildman–Crippen MR) is 64.9 cm³/mol. The molecule has 1 aromatic carbocycles. The maximum absolute atomic E-state index is 12.2. The molecule has 17 heavy (non-hydrogen) atoms. The molecule has 0 spiro atoms. The van der Waals surface area contributed by atoms with Crippen molar-refractivity contribution in [3.05, 3.63) is 29.8 Å². The van der Waals surface area contributed by atoms with Crippen molar-refractivity contribution >= 4 is 5.97 Å². The number of rotatable bonds is 3. The van der Waals surface area contributed by atoms with Crippen molar-refractivity contribution in [1.29, 1.82) is 0 Å². The molecule has 1 saturated carbocycles. The van der Waals surface area contributed by atoms with Crippen molar-refractivity contribution in [3.63, 3.8) is 0 Å². The maximum atomic E-state index is 12.2. The molecule has 2 rings (SSSR count). The van der Waals surface area contributed by atoms with Crippen molar-refractivity contribution in [3.8, 4) is 5.75 Å². The van der Waals surface area contributed by atoms with E-state index < -0.39 is 5.41 Å². The highest BCUT2D eigenvalue weighted by molar-refractivity contribution is 5.83. The van der Waals surface area contributed by atoms with Gasteiger partial charge in [0.05, 0.1) is 12.0 Å². The van der Waals surface area contributed by atoms with Crippen LogP contribution in [0.5, 0.6) is 5.75 Å². The van der Waals surface area contributed by atoms with Gasteiger partial charge in [0.15, 0.2) is 0 Å². The summed E-state index contributed by atoms with van der Waals surface area (Å²) in [5.41, 5.74) is 0.482. The third-order valence-electron chi connectivity index (χ3n) is 3.54. The molecule has 0 bridgehead atoms. The van der Waals surface area contributed by atoms with Crippen LogP contribution in [0.2, 0.25) is 0 Å². The average molecular weight is 234 g/mol. The lowest BCUT2D eigenvalue weighted by molar-refractivity contribution is -0.150. The summed E-state index contributed by atoms with van der Waals surface area (Å²) in [5, 5.41) is 9.31. The van der Waals surface area contributed by atoms with E-state index in [1.54, 1.807) is 12.1 Å². The van der Waals surface area contributed by atoms with Gasteiger partial charge in [0.1, 0.15) is 5.75 Å². The first-order valence-corrected chi connectivity index (χ1v) is 6.16. The Bertz CT molecular complexity index is 388. The molecule has 0 amide bonds. The number of esters is 1. The molecule has 3 heteroatoms. The van der Waals surface area contributed by atoms with Gasteiger partial charge in [0.25, 0.3) is 0 Å². The molecule has 1 N–H and O–H groups in total. The number of ether oxygens (including phenoxy) is 1.